The quantitative estimate of drug-likeness (QED) is 0.622. The number of fused-ring (bicyclic) bond motifs is 1. The van der Waals surface area contributed by atoms with E-state index in [4.69, 9.17) is 4.74 Å². The van der Waals surface area contributed by atoms with Crippen LogP contribution in [0.2, 0.25) is 0 Å². The molecule has 0 N–H and O–H groups in total. The van der Waals surface area contributed by atoms with Gasteiger partial charge in [-0.3, -0.25) is 4.79 Å². The number of carbonyl (C=O) groups is 1. The number of imidazole rings is 1. The fourth-order valence-electron chi connectivity index (χ4n) is 3.36. The zero-order valence-electron chi connectivity index (χ0n) is 15.1. The number of carbonyl (C=O) groups excluding carboxylic acids is 1. The smallest absolute Gasteiger partial charge is 0.242 e. The van der Waals surface area contributed by atoms with Crippen LogP contribution in [0.4, 0.5) is 0 Å². The van der Waals surface area contributed by atoms with Gasteiger partial charge in [0.25, 0.3) is 0 Å². The number of rotatable bonds is 5. The van der Waals surface area contributed by atoms with E-state index in [1.165, 1.54) is 5.56 Å². The number of aromatic nitrogens is 2. The van der Waals surface area contributed by atoms with E-state index in [2.05, 4.69) is 27.0 Å². The molecule has 0 radical (unpaired) electrons. The molecule has 2 heterocycles. The Balaban J connectivity index is 1.51. The minimum absolute atomic E-state index is 0.134. The van der Waals surface area contributed by atoms with Gasteiger partial charge in [-0.15, -0.1) is 0 Å². The fraction of sp³-hybridized carbons (Fsp3) is 0.238. The monoisotopic (exact) mass is 425 g/mol. The number of ether oxygens (including phenoxy) is 1. The maximum absolute atomic E-state index is 12.5. The number of methoxy groups -OCH3 is 1. The lowest BCUT2D eigenvalue weighted by atomic mass is 10.1. The molecule has 0 aliphatic carbocycles. The van der Waals surface area contributed by atoms with Crippen LogP contribution in [0.15, 0.2) is 59.3 Å². The van der Waals surface area contributed by atoms with E-state index < -0.39 is 0 Å². The van der Waals surface area contributed by atoms with Gasteiger partial charge in [-0.25, -0.2) is 4.98 Å². The summed E-state index contributed by atoms with van der Waals surface area (Å²) < 4.78 is 8.18. The molecular weight excluding hydrogens is 406 g/mol. The summed E-state index contributed by atoms with van der Waals surface area (Å²) in [6, 6.07) is 16.1. The van der Waals surface area contributed by atoms with Crippen molar-refractivity contribution in [3.63, 3.8) is 0 Å². The molecule has 1 aliphatic rings. The summed E-state index contributed by atoms with van der Waals surface area (Å²) in [7, 11) is 1.66. The van der Waals surface area contributed by atoms with Crippen LogP contribution in [-0.4, -0.2) is 34.0 Å². The summed E-state index contributed by atoms with van der Waals surface area (Å²) in [6.45, 7) is 1.62. The van der Waals surface area contributed by atoms with Crippen LogP contribution < -0.4 is 4.74 Å². The van der Waals surface area contributed by atoms with Crippen molar-refractivity contribution < 1.29 is 9.53 Å². The lowest BCUT2D eigenvalue weighted by Crippen LogP contribution is -2.40. The number of nitrogens with zero attached hydrogens (tertiary/aromatic N) is 3. The van der Waals surface area contributed by atoms with Crippen LogP contribution in [0, 0.1) is 0 Å². The first kappa shape index (κ1) is 17.8. The average Bonchev–Trinajstić information content (AvgIpc) is 3.09. The van der Waals surface area contributed by atoms with Gasteiger partial charge < -0.3 is 14.2 Å². The molecule has 5 nitrogen and oxygen atoms in total. The van der Waals surface area contributed by atoms with Crippen LogP contribution in [0.3, 0.4) is 0 Å². The zero-order valence-corrected chi connectivity index (χ0v) is 16.6. The summed E-state index contributed by atoms with van der Waals surface area (Å²) in [4.78, 5) is 19.0. The molecule has 1 aliphatic heterocycles. The third kappa shape index (κ3) is 3.76. The second-order valence-corrected chi connectivity index (χ2v) is 7.51. The Morgan fingerprint density at radius 2 is 1.96 bits per heavy atom. The van der Waals surface area contributed by atoms with E-state index in [-0.39, 0.29) is 5.91 Å². The van der Waals surface area contributed by atoms with Gasteiger partial charge in [0.2, 0.25) is 5.91 Å². The fourth-order valence-corrected chi connectivity index (χ4v) is 3.76. The van der Waals surface area contributed by atoms with E-state index in [0.29, 0.717) is 19.6 Å². The number of amides is 1. The van der Waals surface area contributed by atoms with Gasteiger partial charge in [-0.05, 0) is 36.2 Å². The standard InChI is InChI=1S/C21H20BrN3O2/c1-27-18-7-5-15(6-8-18)9-10-24-12-19-21(16-3-2-4-17(22)11-16)23-14-25(19)13-20(24)26/h2-8,11,14H,9-10,12-13H2,1H3. The molecule has 138 valence electrons. The second-order valence-electron chi connectivity index (χ2n) is 6.59. The van der Waals surface area contributed by atoms with Gasteiger partial charge >= 0.3 is 0 Å². The number of hydrogen-bond acceptors (Lipinski definition) is 3. The van der Waals surface area contributed by atoms with Crippen molar-refractivity contribution >= 4 is 21.8 Å². The van der Waals surface area contributed by atoms with Crippen LogP contribution in [-0.2, 0) is 24.3 Å². The van der Waals surface area contributed by atoms with E-state index in [1.54, 1.807) is 13.4 Å². The van der Waals surface area contributed by atoms with Crippen molar-refractivity contribution in [3.05, 3.63) is 70.6 Å². The van der Waals surface area contributed by atoms with Crippen molar-refractivity contribution in [3.8, 4) is 17.0 Å². The molecule has 0 saturated carbocycles. The maximum Gasteiger partial charge on any atom is 0.242 e. The van der Waals surface area contributed by atoms with Crippen molar-refractivity contribution in [1.82, 2.24) is 14.5 Å². The normalized spacial score (nSPS) is 13.6. The van der Waals surface area contributed by atoms with Gasteiger partial charge in [0.1, 0.15) is 12.3 Å². The summed E-state index contributed by atoms with van der Waals surface area (Å²) >= 11 is 3.52. The van der Waals surface area contributed by atoms with E-state index in [9.17, 15) is 4.79 Å². The Morgan fingerprint density at radius 3 is 2.70 bits per heavy atom. The maximum atomic E-state index is 12.5. The molecule has 2 aromatic carbocycles. The minimum atomic E-state index is 0.134. The highest BCUT2D eigenvalue weighted by molar-refractivity contribution is 9.10. The summed E-state index contributed by atoms with van der Waals surface area (Å²) in [5.74, 6) is 0.976. The molecule has 0 bridgehead atoms. The first-order valence-corrected chi connectivity index (χ1v) is 9.64. The van der Waals surface area contributed by atoms with Crippen molar-refractivity contribution in [2.75, 3.05) is 13.7 Å². The molecule has 0 unspecified atom stereocenters. The van der Waals surface area contributed by atoms with Gasteiger partial charge in [-0.2, -0.15) is 0 Å². The Kier molecular flexibility index (Phi) is 4.99. The van der Waals surface area contributed by atoms with Gasteiger partial charge in [0, 0.05) is 16.6 Å². The molecule has 1 amide bonds. The summed E-state index contributed by atoms with van der Waals surface area (Å²) in [6.07, 6.45) is 2.58. The van der Waals surface area contributed by atoms with Crippen LogP contribution >= 0.6 is 15.9 Å². The molecule has 1 aromatic heterocycles. The van der Waals surface area contributed by atoms with Crippen molar-refractivity contribution in [1.29, 1.82) is 0 Å². The molecule has 27 heavy (non-hydrogen) atoms. The molecule has 6 heteroatoms. The van der Waals surface area contributed by atoms with E-state index in [0.717, 1.165) is 33.6 Å². The third-order valence-corrected chi connectivity index (χ3v) is 5.37. The van der Waals surface area contributed by atoms with E-state index >= 15 is 0 Å². The van der Waals surface area contributed by atoms with Gasteiger partial charge in [0.05, 0.1) is 31.4 Å². The summed E-state index contributed by atoms with van der Waals surface area (Å²) in [5.41, 5.74) is 4.28. The predicted molar refractivity (Wildman–Crippen MR) is 107 cm³/mol. The Bertz CT molecular complexity index is 966. The largest absolute Gasteiger partial charge is 0.497 e. The molecule has 0 atom stereocenters. The minimum Gasteiger partial charge on any atom is -0.497 e. The molecule has 3 aromatic rings. The third-order valence-electron chi connectivity index (χ3n) is 4.87. The van der Waals surface area contributed by atoms with Crippen molar-refractivity contribution in [2.45, 2.75) is 19.5 Å². The lowest BCUT2D eigenvalue weighted by Gasteiger charge is -2.28. The molecule has 0 fully saturated rings. The van der Waals surface area contributed by atoms with Gasteiger partial charge in [0.15, 0.2) is 0 Å². The number of halogens is 1. The first-order chi connectivity index (χ1) is 13.1. The van der Waals surface area contributed by atoms with Crippen LogP contribution in [0.5, 0.6) is 5.75 Å². The predicted octanol–water partition coefficient (Wildman–Crippen LogP) is 3.91. The van der Waals surface area contributed by atoms with Crippen molar-refractivity contribution in [2.24, 2.45) is 0 Å². The molecule has 4 rings (SSSR count). The second kappa shape index (κ2) is 7.56. The van der Waals surface area contributed by atoms with Crippen LogP contribution in [0.25, 0.3) is 11.3 Å². The highest BCUT2D eigenvalue weighted by atomic mass is 79.9. The Hall–Kier alpha value is -2.60. The first-order valence-electron chi connectivity index (χ1n) is 8.84. The average molecular weight is 426 g/mol. The molecular formula is C21H20BrN3O2. The Labute approximate surface area is 166 Å². The topological polar surface area (TPSA) is 47.4 Å². The highest BCUT2D eigenvalue weighted by Gasteiger charge is 2.26. The summed E-state index contributed by atoms with van der Waals surface area (Å²) in [5, 5.41) is 0. The zero-order chi connectivity index (χ0) is 18.8. The van der Waals surface area contributed by atoms with Crippen LogP contribution in [0.1, 0.15) is 11.3 Å². The lowest BCUT2D eigenvalue weighted by molar-refractivity contribution is -0.134. The molecule has 0 saturated heterocycles. The Morgan fingerprint density at radius 1 is 1.15 bits per heavy atom. The number of hydrogen-bond donors (Lipinski definition) is 0. The van der Waals surface area contributed by atoms with E-state index in [1.807, 2.05) is 51.9 Å². The highest BCUT2D eigenvalue weighted by Crippen LogP contribution is 2.28. The van der Waals surface area contributed by atoms with Gasteiger partial charge in [-0.1, -0.05) is 40.2 Å². The molecule has 0 spiro atoms. The number of benzene rings is 2. The SMILES string of the molecule is COc1ccc(CCN2Cc3c(-c4cccc(Br)c4)ncn3CC2=O)cc1.